The Labute approximate surface area is 171 Å². The monoisotopic (exact) mass is 405 g/mol. The van der Waals surface area contributed by atoms with Crippen molar-refractivity contribution in [1.82, 2.24) is 4.98 Å². The van der Waals surface area contributed by atoms with Crippen molar-refractivity contribution in [3.8, 4) is 10.4 Å². The minimum Gasteiger partial charge on any atom is -0.397 e. The molecule has 140 valence electrons. The van der Waals surface area contributed by atoms with E-state index >= 15 is 0 Å². The second kappa shape index (κ2) is 6.72. The largest absolute Gasteiger partial charge is 0.397 e. The summed E-state index contributed by atoms with van der Waals surface area (Å²) >= 11 is 3.10. The maximum atomic E-state index is 13.0. The molecule has 4 nitrogen and oxygen atoms in total. The topological polar surface area (TPSA) is 68.0 Å². The van der Waals surface area contributed by atoms with Gasteiger partial charge in [0.1, 0.15) is 9.71 Å². The lowest BCUT2D eigenvalue weighted by molar-refractivity contribution is 0.103. The zero-order valence-electron chi connectivity index (χ0n) is 15.4. The van der Waals surface area contributed by atoms with E-state index in [0.717, 1.165) is 46.4 Å². The summed E-state index contributed by atoms with van der Waals surface area (Å²) < 4.78 is 0. The molecule has 1 aliphatic rings. The van der Waals surface area contributed by atoms with Crippen LogP contribution in [0.4, 0.5) is 11.4 Å². The Hall–Kier alpha value is -2.70. The average Bonchev–Trinajstić information content (AvgIpc) is 3.40. The number of nitrogens with one attached hydrogen (secondary N) is 1. The van der Waals surface area contributed by atoms with Gasteiger partial charge in [-0.15, -0.1) is 22.7 Å². The van der Waals surface area contributed by atoms with E-state index in [1.165, 1.54) is 27.3 Å². The summed E-state index contributed by atoms with van der Waals surface area (Å²) in [6.45, 7) is 2.00. The van der Waals surface area contributed by atoms with Crippen molar-refractivity contribution >= 4 is 50.2 Å². The molecule has 0 unspecified atom stereocenters. The Morgan fingerprint density at radius 3 is 2.89 bits per heavy atom. The van der Waals surface area contributed by atoms with Crippen LogP contribution in [-0.4, -0.2) is 10.9 Å². The number of carbonyl (C=O) groups excluding carboxylic acids is 1. The molecule has 0 saturated carbocycles. The molecule has 3 aromatic heterocycles. The van der Waals surface area contributed by atoms with Gasteiger partial charge in [0.25, 0.3) is 5.91 Å². The zero-order chi connectivity index (χ0) is 19.3. The molecule has 6 heteroatoms. The second-order valence-corrected chi connectivity index (χ2v) is 9.04. The molecule has 0 fully saturated rings. The van der Waals surface area contributed by atoms with Crippen LogP contribution < -0.4 is 11.1 Å². The van der Waals surface area contributed by atoms with E-state index in [1.807, 2.05) is 31.2 Å². The highest BCUT2D eigenvalue weighted by atomic mass is 32.1. The van der Waals surface area contributed by atoms with Crippen molar-refractivity contribution in [3.05, 3.63) is 63.5 Å². The molecule has 0 radical (unpaired) electrons. The third kappa shape index (κ3) is 2.80. The molecule has 1 aromatic carbocycles. The number of aromatic nitrogens is 1. The van der Waals surface area contributed by atoms with E-state index < -0.39 is 0 Å². The Morgan fingerprint density at radius 2 is 2.11 bits per heavy atom. The van der Waals surface area contributed by atoms with E-state index in [-0.39, 0.29) is 5.91 Å². The first kappa shape index (κ1) is 17.4. The minimum absolute atomic E-state index is 0.177. The Kier molecular flexibility index (Phi) is 4.18. The van der Waals surface area contributed by atoms with Gasteiger partial charge in [0, 0.05) is 27.2 Å². The van der Waals surface area contributed by atoms with Crippen LogP contribution in [0, 0.1) is 6.92 Å². The number of aryl methyl sites for hydroxylation is 2. The first-order chi connectivity index (χ1) is 13.6. The fourth-order valence-electron chi connectivity index (χ4n) is 3.92. The van der Waals surface area contributed by atoms with Crippen molar-refractivity contribution in [3.63, 3.8) is 0 Å². The van der Waals surface area contributed by atoms with Crippen LogP contribution in [0.2, 0.25) is 0 Å². The maximum Gasteiger partial charge on any atom is 0.267 e. The molecule has 1 amide bonds. The van der Waals surface area contributed by atoms with Gasteiger partial charge in [0.15, 0.2) is 0 Å². The number of pyridine rings is 1. The normalized spacial score (nSPS) is 13.0. The number of rotatable bonds is 3. The molecule has 3 N–H and O–H groups in total. The Morgan fingerprint density at radius 1 is 1.21 bits per heavy atom. The van der Waals surface area contributed by atoms with Crippen molar-refractivity contribution in [2.24, 2.45) is 0 Å². The molecule has 28 heavy (non-hydrogen) atoms. The lowest BCUT2D eigenvalue weighted by Gasteiger charge is -2.09. The van der Waals surface area contributed by atoms with Gasteiger partial charge in [-0.25, -0.2) is 4.98 Å². The molecule has 0 atom stereocenters. The Balaban J connectivity index is 1.65. The summed E-state index contributed by atoms with van der Waals surface area (Å²) in [6, 6.07) is 12.0. The highest BCUT2D eigenvalue weighted by molar-refractivity contribution is 7.21. The fraction of sp³-hybridized carbons (Fsp3) is 0.182. The number of nitrogens with zero attached hydrogens (tertiary/aromatic N) is 1. The van der Waals surface area contributed by atoms with Crippen molar-refractivity contribution in [1.29, 1.82) is 0 Å². The van der Waals surface area contributed by atoms with Crippen LogP contribution in [0.1, 0.15) is 32.9 Å². The van der Waals surface area contributed by atoms with Crippen LogP contribution >= 0.6 is 22.7 Å². The van der Waals surface area contributed by atoms with Crippen molar-refractivity contribution in [2.45, 2.75) is 26.2 Å². The zero-order valence-corrected chi connectivity index (χ0v) is 17.0. The molecule has 4 aromatic rings. The van der Waals surface area contributed by atoms with Gasteiger partial charge in [-0.3, -0.25) is 4.79 Å². The number of amides is 1. The summed E-state index contributed by atoms with van der Waals surface area (Å²) in [6.07, 6.45) is 3.14. The van der Waals surface area contributed by atoms with E-state index in [0.29, 0.717) is 10.6 Å². The smallest absolute Gasteiger partial charge is 0.267 e. The third-order valence-corrected chi connectivity index (χ3v) is 7.14. The van der Waals surface area contributed by atoms with Crippen LogP contribution in [0.5, 0.6) is 0 Å². The number of carbonyl (C=O) groups is 1. The highest BCUT2D eigenvalue weighted by Crippen LogP contribution is 2.45. The van der Waals surface area contributed by atoms with Crippen LogP contribution in [0.15, 0.2) is 41.8 Å². The number of fused-ring (bicyclic) bond motifs is 2. The summed E-state index contributed by atoms with van der Waals surface area (Å²) in [5.74, 6) is -0.177. The Bertz CT molecular complexity index is 1210. The number of anilines is 2. The molecular weight excluding hydrogens is 386 g/mol. The summed E-state index contributed by atoms with van der Waals surface area (Å²) in [7, 11) is 0. The molecule has 0 aliphatic heterocycles. The van der Waals surface area contributed by atoms with E-state index in [9.17, 15) is 4.79 Å². The fourth-order valence-corrected chi connectivity index (χ4v) is 5.74. The van der Waals surface area contributed by atoms with Crippen LogP contribution in [0.3, 0.4) is 0 Å². The predicted molar refractivity (Wildman–Crippen MR) is 119 cm³/mol. The number of nitrogens with two attached hydrogens (primary N) is 1. The van der Waals surface area contributed by atoms with Crippen molar-refractivity contribution < 1.29 is 4.79 Å². The molecule has 5 rings (SSSR count). The van der Waals surface area contributed by atoms with Gasteiger partial charge in [-0.05, 0) is 60.9 Å². The first-order valence-corrected chi connectivity index (χ1v) is 11.0. The van der Waals surface area contributed by atoms with Gasteiger partial charge >= 0.3 is 0 Å². The van der Waals surface area contributed by atoms with E-state index in [1.54, 1.807) is 11.3 Å². The number of nitrogen functional groups attached to an aromatic ring is 1. The highest BCUT2D eigenvalue weighted by Gasteiger charge is 2.26. The number of thiophene rings is 2. The summed E-state index contributed by atoms with van der Waals surface area (Å²) in [4.78, 5) is 20.4. The van der Waals surface area contributed by atoms with Gasteiger partial charge < -0.3 is 11.1 Å². The van der Waals surface area contributed by atoms with Gasteiger partial charge in [-0.2, -0.15) is 0 Å². The minimum atomic E-state index is -0.177. The van der Waals surface area contributed by atoms with E-state index in [2.05, 4.69) is 22.8 Å². The molecule has 0 saturated heterocycles. The molecule has 3 heterocycles. The lowest BCUT2D eigenvalue weighted by atomic mass is 10.0. The van der Waals surface area contributed by atoms with Gasteiger partial charge in [0.2, 0.25) is 0 Å². The summed E-state index contributed by atoms with van der Waals surface area (Å²) in [5.41, 5.74) is 12.6. The summed E-state index contributed by atoms with van der Waals surface area (Å²) in [5, 5.41) is 5.99. The van der Waals surface area contributed by atoms with E-state index in [4.69, 9.17) is 10.7 Å². The van der Waals surface area contributed by atoms with Gasteiger partial charge in [0.05, 0.1) is 5.69 Å². The molecule has 1 aliphatic carbocycles. The second-order valence-electron chi connectivity index (χ2n) is 7.09. The quantitative estimate of drug-likeness (QED) is 0.462. The third-order valence-electron chi connectivity index (χ3n) is 5.15. The number of hydrogen-bond acceptors (Lipinski definition) is 5. The lowest BCUT2D eigenvalue weighted by Crippen LogP contribution is -2.12. The predicted octanol–water partition coefficient (Wildman–Crippen LogP) is 5.66. The molecular formula is C22H19N3OS2. The number of benzene rings is 1. The van der Waals surface area contributed by atoms with Crippen LogP contribution in [0.25, 0.3) is 20.7 Å². The molecule has 0 spiro atoms. The average molecular weight is 406 g/mol. The van der Waals surface area contributed by atoms with Gasteiger partial charge in [-0.1, -0.05) is 18.2 Å². The van der Waals surface area contributed by atoms with Crippen LogP contribution in [-0.2, 0) is 12.8 Å². The maximum absolute atomic E-state index is 13.0. The standard InChI is InChI=1S/C22H19N3OS2/c1-12-5-2-6-13(11-12)24-21(26)20-19(23)18-17(16-9-4-10-27-16)14-7-3-8-15(14)25-22(18)28-20/h2,4-6,9-11H,3,7-8,23H2,1H3,(H,24,26). The van der Waals surface area contributed by atoms with Crippen molar-refractivity contribution in [2.75, 3.05) is 11.1 Å². The number of hydrogen-bond donors (Lipinski definition) is 2. The molecule has 0 bridgehead atoms. The SMILES string of the molecule is Cc1cccc(NC(=O)c2sc3nc4c(c(-c5cccs5)c3c2N)CCC4)c1. The first-order valence-electron chi connectivity index (χ1n) is 9.27.